The monoisotopic (exact) mass is 372 g/mol. The molecular formula is C20H21ClN2O3. The van der Waals surface area contributed by atoms with Gasteiger partial charge >= 0.3 is 5.97 Å². The molecule has 2 aromatic rings. The Morgan fingerprint density at radius 3 is 2.81 bits per heavy atom. The van der Waals surface area contributed by atoms with E-state index < -0.39 is 5.97 Å². The van der Waals surface area contributed by atoms with Gasteiger partial charge in [0.2, 0.25) is 0 Å². The third kappa shape index (κ3) is 4.22. The summed E-state index contributed by atoms with van der Waals surface area (Å²) in [5.74, 6) is -0.971. The maximum Gasteiger partial charge on any atom is 0.303 e. The highest BCUT2D eigenvalue weighted by molar-refractivity contribution is 6.34. The number of carboxylic acid groups (broad SMARTS) is 1. The van der Waals surface area contributed by atoms with E-state index in [1.807, 2.05) is 24.3 Å². The van der Waals surface area contributed by atoms with Crippen LogP contribution in [0, 0.1) is 0 Å². The van der Waals surface area contributed by atoms with Gasteiger partial charge in [0.15, 0.2) is 0 Å². The largest absolute Gasteiger partial charge is 0.481 e. The molecule has 136 valence electrons. The topological polar surface area (TPSA) is 70.5 Å². The fourth-order valence-corrected chi connectivity index (χ4v) is 3.59. The summed E-state index contributed by atoms with van der Waals surface area (Å²) >= 11 is 6.31. The fourth-order valence-electron chi connectivity index (χ4n) is 3.39. The number of pyridine rings is 1. The Morgan fingerprint density at radius 1 is 1.23 bits per heavy atom. The molecule has 1 aromatic carbocycles. The Morgan fingerprint density at radius 2 is 2.08 bits per heavy atom. The van der Waals surface area contributed by atoms with Gasteiger partial charge < -0.3 is 10.0 Å². The summed E-state index contributed by atoms with van der Waals surface area (Å²) in [5.41, 5.74) is 2.05. The van der Waals surface area contributed by atoms with Gasteiger partial charge in [0.25, 0.3) is 5.91 Å². The smallest absolute Gasteiger partial charge is 0.303 e. The van der Waals surface area contributed by atoms with E-state index >= 15 is 0 Å². The van der Waals surface area contributed by atoms with Crippen LogP contribution in [0.25, 0.3) is 11.3 Å². The number of carbonyl (C=O) groups excluding carboxylic acids is 1. The minimum atomic E-state index is -0.835. The number of nitrogens with zero attached hydrogens (tertiary/aromatic N) is 2. The number of hydrogen-bond donors (Lipinski definition) is 1. The van der Waals surface area contributed by atoms with E-state index in [2.05, 4.69) is 4.98 Å². The number of piperidine rings is 1. The summed E-state index contributed by atoms with van der Waals surface area (Å²) in [7, 11) is 0. The fraction of sp³-hybridized carbons (Fsp3) is 0.350. The van der Waals surface area contributed by atoms with E-state index in [0.29, 0.717) is 23.6 Å². The average molecular weight is 373 g/mol. The zero-order chi connectivity index (χ0) is 18.5. The highest BCUT2D eigenvalue weighted by Gasteiger charge is 2.29. The molecule has 0 saturated carbocycles. The van der Waals surface area contributed by atoms with Crippen molar-refractivity contribution >= 4 is 23.5 Å². The summed E-state index contributed by atoms with van der Waals surface area (Å²) in [6.45, 7) is 0.632. The van der Waals surface area contributed by atoms with Crippen molar-refractivity contribution in [1.29, 1.82) is 0 Å². The molecule has 1 atom stereocenters. The Hall–Kier alpha value is -2.40. The van der Waals surface area contributed by atoms with Crippen molar-refractivity contribution in [2.24, 2.45) is 0 Å². The van der Waals surface area contributed by atoms with Crippen molar-refractivity contribution in [2.45, 2.75) is 38.1 Å². The van der Waals surface area contributed by atoms with E-state index in [1.54, 1.807) is 23.2 Å². The molecule has 0 spiro atoms. The van der Waals surface area contributed by atoms with Crippen molar-refractivity contribution in [3.63, 3.8) is 0 Å². The minimum absolute atomic E-state index is 0.0538. The predicted octanol–water partition coefficient (Wildman–Crippen LogP) is 4.26. The molecule has 0 aliphatic carbocycles. The summed E-state index contributed by atoms with van der Waals surface area (Å²) in [6, 6.07) is 10.9. The number of rotatable bonds is 5. The Labute approximate surface area is 157 Å². The molecule has 6 heteroatoms. The lowest BCUT2D eigenvalue weighted by atomic mass is 9.96. The molecule has 1 fully saturated rings. The number of benzene rings is 1. The Bertz CT molecular complexity index is 795. The van der Waals surface area contributed by atoms with E-state index in [9.17, 15) is 9.59 Å². The molecule has 26 heavy (non-hydrogen) atoms. The van der Waals surface area contributed by atoms with Crippen LogP contribution in [0.15, 0.2) is 42.6 Å². The number of carboxylic acids is 1. The number of amides is 1. The van der Waals surface area contributed by atoms with Crippen LogP contribution >= 0.6 is 11.6 Å². The lowest BCUT2D eigenvalue weighted by molar-refractivity contribution is -0.137. The van der Waals surface area contributed by atoms with Gasteiger partial charge in [-0.3, -0.25) is 14.6 Å². The van der Waals surface area contributed by atoms with Gasteiger partial charge in [-0.15, -0.1) is 0 Å². The first-order valence-corrected chi connectivity index (χ1v) is 9.18. The average Bonchev–Trinajstić information content (AvgIpc) is 2.67. The molecule has 1 unspecified atom stereocenters. The molecule has 3 rings (SSSR count). The standard InChI is InChI=1S/C20H21ClN2O3/c21-17-9-7-14(18-6-1-3-11-22-18)13-16(17)20(26)23-12-4-2-5-15(23)8-10-19(24)25/h1,3,6-7,9,11,13,15H,2,4-5,8,10,12H2,(H,24,25). The molecule has 0 bridgehead atoms. The highest BCUT2D eigenvalue weighted by Crippen LogP contribution is 2.28. The quantitative estimate of drug-likeness (QED) is 0.851. The number of aromatic nitrogens is 1. The lowest BCUT2D eigenvalue weighted by Crippen LogP contribution is -2.44. The van der Waals surface area contributed by atoms with Gasteiger partial charge in [-0.05, 0) is 49.9 Å². The summed E-state index contributed by atoms with van der Waals surface area (Å²) in [5, 5.41) is 9.36. The molecule has 1 amide bonds. The van der Waals surface area contributed by atoms with E-state index in [0.717, 1.165) is 30.5 Å². The van der Waals surface area contributed by atoms with Crippen LogP contribution in [-0.2, 0) is 4.79 Å². The zero-order valence-corrected chi connectivity index (χ0v) is 15.2. The van der Waals surface area contributed by atoms with Gasteiger partial charge in [-0.1, -0.05) is 23.7 Å². The third-order valence-corrected chi connectivity index (χ3v) is 5.07. The van der Waals surface area contributed by atoms with Crippen LogP contribution in [0.2, 0.25) is 5.02 Å². The number of likely N-dealkylation sites (tertiary alicyclic amines) is 1. The van der Waals surface area contributed by atoms with Crippen LogP contribution in [0.1, 0.15) is 42.5 Å². The first-order valence-electron chi connectivity index (χ1n) is 8.80. The molecule has 0 radical (unpaired) electrons. The van der Waals surface area contributed by atoms with E-state index in [-0.39, 0.29) is 18.4 Å². The third-order valence-electron chi connectivity index (χ3n) is 4.74. The van der Waals surface area contributed by atoms with Gasteiger partial charge in [0.05, 0.1) is 16.3 Å². The molecule has 1 aliphatic rings. The van der Waals surface area contributed by atoms with Gasteiger partial charge in [0, 0.05) is 30.8 Å². The van der Waals surface area contributed by atoms with Crippen LogP contribution in [0.4, 0.5) is 0 Å². The van der Waals surface area contributed by atoms with Crippen LogP contribution < -0.4 is 0 Å². The number of aliphatic carboxylic acids is 1. The van der Waals surface area contributed by atoms with Crippen LogP contribution in [0.5, 0.6) is 0 Å². The number of hydrogen-bond acceptors (Lipinski definition) is 3. The second-order valence-electron chi connectivity index (χ2n) is 6.49. The van der Waals surface area contributed by atoms with Crippen molar-refractivity contribution in [3.8, 4) is 11.3 Å². The highest BCUT2D eigenvalue weighted by atomic mass is 35.5. The second kappa shape index (κ2) is 8.32. The Kier molecular flexibility index (Phi) is 5.89. The molecular weight excluding hydrogens is 352 g/mol. The second-order valence-corrected chi connectivity index (χ2v) is 6.90. The van der Waals surface area contributed by atoms with Crippen molar-refractivity contribution < 1.29 is 14.7 Å². The first-order chi connectivity index (χ1) is 12.6. The van der Waals surface area contributed by atoms with Crippen LogP contribution in [-0.4, -0.2) is 39.5 Å². The van der Waals surface area contributed by atoms with E-state index in [1.165, 1.54) is 0 Å². The number of carbonyl (C=O) groups is 2. The van der Waals surface area contributed by atoms with E-state index in [4.69, 9.17) is 16.7 Å². The van der Waals surface area contributed by atoms with Crippen molar-refractivity contribution in [2.75, 3.05) is 6.54 Å². The first kappa shape index (κ1) is 18.4. The normalized spacial score (nSPS) is 17.1. The Balaban J connectivity index is 1.86. The molecule has 5 nitrogen and oxygen atoms in total. The van der Waals surface area contributed by atoms with Gasteiger partial charge in [0.1, 0.15) is 0 Å². The van der Waals surface area contributed by atoms with Crippen LogP contribution in [0.3, 0.4) is 0 Å². The number of halogens is 1. The minimum Gasteiger partial charge on any atom is -0.481 e. The SMILES string of the molecule is O=C(O)CCC1CCCCN1C(=O)c1cc(-c2ccccn2)ccc1Cl. The lowest BCUT2D eigenvalue weighted by Gasteiger charge is -2.36. The van der Waals surface area contributed by atoms with Gasteiger partial charge in [-0.2, -0.15) is 0 Å². The maximum atomic E-state index is 13.1. The molecule has 1 saturated heterocycles. The molecule has 1 N–H and O–H groups in total. The molecule has 1 aliphatic heterocycles. The van der Waals surface area contributed by atoms with Crippen molar-refractivity contribution in [1.82, 2.24) is 9.88 Å². The van der Waals surface area contributed by atoms with Gasteiger partial charge in [-0.25, -0.2) is 0 Å². The van der Waals surface area contributed by atoms with Crippen molar-refractivity contribution in [3.05, 3.63) is 53.2 Å². The zero-order valence-electron chi connectivity index (χ0n) is 14.4. The maximum absolute atomic E-state index is 13.1. The summed E-state index contributed by atoms with van der Waals surface area (Å²) < 4.78 is 0. The predicted molar refractivity (Wildman–Crippen MR) is 100 cm³/mol. The molecule has 2 heterocycles. The molecule has 1 aromatic heterocycles. The summed E-state index contributed by atoms with van der Waals surface area (Å²) in [6.07, 6.45) is 5.01. The summed E-state index contributed by atoms with van der Waals surface area (Å²) in [4.78, 5) is 30.2.